The fourth-order valence-corrected chi connectivity index (χ4v) is 4.00. The van der Waals surface area contributed by atoms with Crippen LogP contribution >= 0.6 is 11.6 Å². The van der Waals surface area contributed by atoms with Crippen molar-refractivity contribution in [3.05, 3.63) is 41.4 Å². The van der Waals surface area contributed by atoms with Gasteiger partial charge in [0.25, 0.3) is 5.91 Å². The van der Waals surface area contributed by atoms with Gasteiger partial charge in [0, 0.05) is 25.9 Å². The number of hydrogen-bond donors (Lipinski definition) is 0. The Bertz CT molecular complexity index is 836. The lowest BCUT2D eigenvalue weighted by Gasteiger charge is -2.43. The second-order valence-corrected chi connectivity index (χ2v) is 9.14. The van der Waals surface area contributed by atoms with Crippen LogP contribution in [0.1, 0.15) is 24.2 Å². The number of carbonyl (C=O) groups excluding carboxylic acids is 2. The molecule has 1 fully saturated rings. The van der Waals surface area contributed by atoms with Crippen molar-refractivity contribution < 1.29 is 18.0 Å². The standard InChI is InChI=1S/C18H23ClN2O4S/c1-5-17(22)21-9-8-20(11-16(21)12(2)3)18(23)14-7-6-13(10-15(14)19)26(4,24)25/h5-7,10,12,16H,1,8-9,11H2,2-4H3/t16-/m1/s1. The third-order valence-corrected chi connectivity index (χ3v) is 5.96. The zero-order valence-electron chi connectivity index (χ0n) is 15.1. The van der Waals surface area contributed by atoms with E-state index in [1.807, 2.05) is 13.8 Å². The van der Waals surface area contributed by atoms with Gasteiger partial charge in [-0.3, -0.25) is 9.59 Å². The van der Waals surface area contributed by atoms with Gasteiger partial charge in [0.1, 0.15) is 0 Å². The van der Waals surface area contributed by atoms with Gasteiger partial charge in [-0.25, -0.2) is 8.42 Å². The summed E-state index contributed by atoms with van der Waals surface area (Å²) in [6.45, 7) is 8.71. The molecule has 1 atom stereocenters. The molecule has 1 heterocycles. The third-order valence-electron chi connectivity index (χ3n) is 4.53. The Hall–Kier alpha value is -1.86. The predicted octanol–water partition coefficient (Wildman–Crippen LogP) is 2.24. The Morgan fingerprint density at radius 2 is 1.96 bits per heavy atom. The molecule has 1 aromatic rings. The van der Waals surface area contributed by atoms with E-state index in [0.717, 1.165) is 6.26 Å². The van der Waals surface area contributed by atoms with E-state index in [0.29, 0.717) is 19.6 Å². The summed E-state index contributed by atoms with van der Waals surface area (Å²) in [7, 11) is -3.40. The molecule has 1 aliphatic rings. The summed E-state index contributed by atoms with van der Waals surface area (Å²) in [6, 6.07) is 3.99. The van der Waals surface area contributed by atoms with Crippen molar-refractivity contribution in [2.45, 2.75) is 24.8 Å². The first-order valence-electron chi connectivity index (χ1n) is 8.28. The molecule has 1 aromatic carbocycles. The summed E-state index contributed by atoms with van der Waals surface area (Å²) < 4.78 is 23.2. The van der Waals surface area contributed by atoms with Crippen LogP contribution in [0.4, 0.5) is 0 Å². The largest absolute Gasteiger partial charge is 0.335 e. The highest BCUT2D eigenvalue weighted by Gasteiger charge is 2.34. The maximum atomic E-state index is 12.9. The summed E-state index contributed by atoms with van der Waals surface area (Å²) in [4.78, 5) is 28.4. The molecule has 0 aliphatic carbocycles. The van der Waals surface area contributed by atoms with Crippen LogP contribution in [0.3, 0.4) is 0 Å². The lowest BCUT2D eigenvalue weighted by Crippen LogP contribution is -2.58. The van der Waals surface area contributed by atoms with E-state index in [9.17, 15) is 18.0 Å². The number of sulfone groups is 1. The number of carbonyl (C=O) groups is 2. The summed E-state index contributed by atoms with van der Waals surface area (Å²) in [5.74, 6) is -0.254. The Kier molecular flexibility index (Phi) is 6.13. The van der Waals surface area contributed by atoms with Crippen molar-refractivity contribution in [2.24, 2.45) is 5.92 Å². The van der Waals surface area contributed by atoms with Crippen LogP contribution in [0.15, 0.2) is 35.7 Å². The SMILES string of the molecule is C=CC(=O)N1CCN(C(=O)c2ccc(S(C)(=O)=O)cc2Cl)C[C@@H]1C(C)C. The first-order chi connectivity index (χ1) is 12.1. The van der Waals surface area contributed by atoms with E-state index in [4.69, 9.17) is 11.6 Å². The molecule has 0 spiro atoms. The zero-order chi connectivity index (χ0) is 19.6. The van der Waals surface area contributed by atoms with Gasteiger partial charge in [0.05, 0.1) is 21.5 Å². The van der Waals surface area contributed by atoms with Gasteiger partial charge in [0.2, 0.25) is 5.91 Å². The van der Waals surface area contributed by atoms with Gasteiger partial charge in [-0.15, -0.1) is 0 Å². The number of piperazine rings is 1. The molecule has 1 saturated heterocycles. The molecule has 2 rings (SSSR count). The lowest BCUT2D eigenvalue weighted by atomic mass is 9.98. The van der Waals surface area contributed by atoms with Gasteiger partial charge < -0.3 is 9.80 Å². The fraction of sp³-hybridized carbons (Fsp3) is 0.444. The quantitative estimate of drug-likeness (QED) is 0.729. The first-order valence-corrected chi connectivity index (χ1v) is 10.5. The molecule has 0 aromatic heterocycles. The summed E-state index contributed by atoms with van der Waals surface area (Å²) in [5.41, 5.74) is 0.255. The molecule has 0 bridgehead atoms. The number of hydrogen-bond acceptors (Lipinski definition) is 4. The van der Waals surface area contributed by atoms with E-state index in [-0.39, 0.29) is 39.3 Å². The zero-order valence-corrected chi connectivity index (χ0v) is 16.7. The second-order valence-electron chi connectivity index (χ2n) is 6.71. The highest BCUT2D eigenvalue weighted by atomic mass is 35.5. The van der Waals surface area contributed by atoms with Crippen molar-refractivity contribution in [1.82, 2.24) is 9.80 Å². The molecule has 26 heavy (non-hydrogen) atoms. The summed E-state index contributed by atoms with van der Waals surface area (Å²) >= 11 is 6.16. The van der Waals surface area contributed by atoms with Crippen molar-refractivity contribution in [2.75, 3.05) is 25.9 Å². The minimum Gasteiger partial charge on any atom is -0.335 e. The Labute approximate surface area is 159 Å². The topological polar surface area (TPSA) is 74.8 Å². The van der Waals surface area contributed by atoms with E-state index in [1.54, 1.807) is 9.80 Å². The van der Waals surface area contributed by atoms with E-state index in [2.05, 4.69) is 6.58 Å². The van der Waals surface area contributed by atoms with E-state index >= 15 is 0 Å². The number of halogens is 1. The average Bonchev–Trinajstić information content (AvgIpc) is 2.59. The van der Waals surface area contributed by atoms with Crippen LogP contribution in [-0.2, 0) is 14.6 Å². The predicted molar refractivity (Wildman–Crippen MR) is 101 cm³/mol. The molecule has 142 valence electrons. The van der Waals surface area contributed by atoms with Gasteiger partial charge >= 0.3 is 0 Å². The number of rotatable bonds is 4. The summed E-state index contributed by atoms with van der Waals surface area (Å²) in [5, 5.41) is 0.101. The number of benzene rings is 1. The van der Waals surface area contributed by atoms with Crippen molar-refractivity contribution in [3.8, 4) is 0 Å². The minimum absolute atomic E-state index is 0.0699. The Morgan fingerprint density at radius 3 is 2.46 bits per heavy atom. The van der Waals surface area contributed by atoms with E-state index < -0.39 is 9.84 Å². The maximum absolute atomic E-state index is 12.9. The number of amides is 2. The highest BCUT2D eigenvalue weighted by molar-refractivity contribution is 7.90. The second kappa shape index (κ2) is 7.80. The highest BCUT2D eigenvalue weighted by Crippen LogP contribution is 2.25. The maximum Gasteiger partial charge on any atom is 0.255 e. The van der Waals surface area contributed by atoms with Crippen LogP contribution in [0, 0.1) is 5.92 Å². The van der Waals surface area contributed by atoms with Crippen LogP contribution < -0.4 is 0 Å². The van der Waals surface area contributed by atoms with Crippen LogP contribution in [0.5, 0.6) is 0 Å². The lowest BCUT2D eigenvalue weighted by molar-refractivity contribution is -0.131. The van der Waals surface area contributed by atoms with Gasteiger partial charge in [-0.2, -0.15) is 0 Å². The monoisotopic (exact) mass is 398 g/mol. The van der Waals surface area contributed by atoms with Gasteiger partial charge in [0.15, 0.2) is 9.84 Å². The molecule has 0 saturated carbocycles. The Balaban J connectivity index is 2.25. The van der Waals surface area contributed by atoms with Crippen molar-refractivity contribution >= 4 is 33.3 Å². The van der Waals surface area contributed by atoms with Gasteiger partial charge in [-0.05, 0) is 30.2 Å². The van der Waals surface area contributed by atoms with Crippen LogP contribution in [0.2, 0.25) is 5.02 Å². The smallest absolute Gasteiger partial charge is 0.255 e. The molecular formula is C18H23ClN2O4S. The number of nitrogens with zero attached hydrogens (tertiary/aromatic N) is 2. The van der Waals surface area contributed by atoms with Gasteiger partial charge in [-0.1, -0.05) is 32.0 Å². The van der Waals surface area contributed by atoms with Crippen molar-refractivity contribution in [3.63, 3.8) is 0 Å². The molecular weight excluding hydrogens is 376 g/mol. The van der Waals surface area contributed by atoms with E-state index in [1.165, 1.54) is 24.3 Å². The molecule has 0 unspecified atom stereocenters. The molecule has 0 N–H and O–H groups in total. The molecule has 8 heteroatoms. The van der Waals surface area contributed by atoms with Crippen LogP contribution in [0.25, 0.3) is 0 Å². The van der Waals surface area contributed by atoms with Crippen LogP contribution in [-0.4, -0.2) is 62.0 Å². The normalized spacial score (nSPS) is 18.1. The minimum atomic E-state index is -3.40. The fourth-order valence-electron chi connectivity index (χ4n) is 3.03. The summed E-state index contributed by atoms with van der Waals surface area (Å²) in [6.07, 6.45) is 2.37. The molecule has 6 nitrogen and oxygen atoms in total. The molecule has 2 amide bonds. The molecule has 0 radical (unpaired) electrons. The van der Waals surface area contributed by atoms with Crippen molar-refractivity contribution in [1.29, 1.82) is 0 Å². The molecule has 1 aliphatic heterocycles. The average molecular weight is 399 g/mol. The Morgan fingerprint density at radius 1 is 1.31 bits per heavy atom. The third kappa shape index (κ3) is 4.27. The first kappa shape index (κ1) is 20.5.